The number of rotatable bonds is 1. The first-order chi connectivity index (χ1) is 10.5. The van der Waals surface area contributed by atoms with Gasteiger partial charge in [0.15, 0.2) is 5.82 Å². The van der Waals surface area contributed by atoms with Crippen molar-refractivity contribution < 1.29 is 13.2 Å². The molecule has 110 valence electrons. The Balaban J connectivity index is 1.88. The Labute approximate surface area is 121 Å². The maximum atomic E-state index is 12.6. The van der Waals surface area contributed by atoms with E-state index >= 15 is 0 Å². The Hall–Kier alpha value is -2.90. The van der Waals surface area contributed by atoms with Crippen LogP contribution in [0.4, 0.5) is 13.2 Å². The second kappa shape index (κ2) is 4.30. The molecular formula is C14H8F3N5. The molecule has 8 heteroatoms. The molecule has 0 aliphatic heterocycles. The third-order valence-electron chi connectivity index (χ3n) is 3.37. The van der Waals surface area contributed by atoms with Crippen LogP contribution >= 0.6 is 0 Å². The van der Waals surface area contributed by atoms with Gasteiger partial charge in [-0.1, -0.05) is 18.2 Å². The molecule has 0 saturated heterocycles. The van der Waals surface area contributed by atoms with Crippen molar-refractivity contribution in [3.8, 4) is 11.5 Å². The van der Waals surface area contributed by atoms with Gasteiger partial charge in [-0.15, -0.1) is 0 Å². The van der Waals surface area contributed by atoms with Gasteiger partial charge in [-0.25, -0.2) is 4.98 Å². The van der Waals surface area contributed by atoms with E-state index in [9.17, 15) is 13.2 Å². The average Bonchev–Trinajstić information content (AvgIpc) is 3.11. The highest BCUT2D eigenvalue weighted by atomic mass is 19.4. The van der Waals surface area contributed by atoms with Crippen LogP contribution in [0.3, 0.4) is 0 Å². The van der Waals surface area contributed by atoms with Crippen LogP contribution < -0.4 is 0 Å². The lowest BCUT2D eigenvalue weighted by Crippen LogP contribution is -2.07. The highest BCUT2D eigenvalue weighted by molar-refractivity contribution is 6.07. The van der Waals surface area contributed by atoms with E-state index in [1.807, 2.05) is 29.4 Å². The number of nitrogens with one attached hydrogen (secondary N) is 2. The first-order valence-corrected chi connectivity index (χ1v) is 6.39. The molecule has 0 aliphatic carbocycles. The lowest BCUT2D eigenvalue weighted by Gasteiger charge is -1.98. The molecular weight excluding hydrogens is 295 g/mol. The molecule has 0 atom stereocenters. The number of fused-ring (bicyclic) bond motifs is 3. The Morgan fingerprint density at radius 2 is 1.82 bits per heavy atom. The molecule has 4 rings (SSSR count). The Morgan fingerprint density at radius 3 is 2.59 bits per heavy atom. The van der Waals surface area contributed by atoms with Crippen molar-refractivity contribution >= 4 is 21.8 Å². The smallest absolute Gasteiger partial charge is 0.353 e. The minimum Gasteiger partial charge on any atom is -0.353 e. The highest BCUT2D eigenvalue weighted by Crippen LogP contribution is 2.29. The van der Waals surface area contributed by atoms with Crippen molar-refractivity contribution in [3.05, 3.63) is 42.4 Å². The van der Waals surface area contributed by atoms with Gasteiger partial charge < -0.3 is 4.98 Å². The van der Waals surface area contributed by atoms with Gasteiger partial charge in [-0.3, -0.25) is 10.1 Å². The van der Waals surface area contributed by atoms with E-state index in [4.69, 9.17) is 0 Å². The molecule has 3 aromatic heterocycles. The zero-order valence-electron chi connectivity index (χ0n) is 10.9. The van der Waals surface area contributed by atoms with Crippen molar-refractivity contribution in [2.24, 2.45) is 0 Å². The summed E-state index contributed by atoms with van der Waals surface area (Å²) in [6.45, 7) is 0. The van der Waals surface area contributed by atoms with Crippen molar-refractivity contribution in [2.45, 2.75) is 6.18 Å². The third kappa shape index (κ3) is 1.92. The van der Waals surface area contributed by atoms with E-state index in [0.29, 0.717) is 0 Å². The van der Waals surface area contributed by atoms with Gasteiger partial charge in [0.25, 0.3) is 0 Å². The SMILES string of the molecule is FC(F)(F)c1nc(-c2cc3c(cn2)[nH]c2ccccc23)n[nH]1. The Bertz CT molecular complexity index is 983. The van der Waals surface area contributed by atoms with Gasteiger partial charge in [0.2, 0.25) is 5.82 Å². The number of H-pyrrole nitrogens is 2. The van der Waals surface area contributed by atoms with E-state index in [1.54, 1.807) is 12.3 Å². The second-order valence-corrected chi connectivity index (χ2v) is 4.79. The summed E-state index contributed by atoms with van der Waals surface area (Å²) in [6, 6.07) is 9.32. The second-order valence-electron chi connectivity index (χ2n) is 4.79. The number of aromatic amines is 2. The van der Waals surface area contributed by atoms with Gasteiger partial charge >= 0.3 is 6.18 Å². The molecule has 0 radical (unpaired) electrons. The average molecular weight is 303 g/mol. The molecule has 22 heavy (non-hydrogen) atoms. The molecule has 2 N–H and O–H groups in total. The van der Waals surface area contributed by atoms with Gasteiger partial charge in [0.1, 0.15) is 5.69 Å². The molecule has 5 nitrogen and oxygen atoms in total. The van der Waals surface area contributed by atoms with Crippen molar-refractivity contribution in [3.63, 3.8) is 0 Å². The zero-order valence-corrected chi connectivity index (χ0v) is 10.9. The number of halogens is 3. The van der Waals surface area contributed by atoms with E-state index in [1.165, 1.54) is 0 Å². The Kier molecular flexibility index (Phi) is 2.50. The summed E-state index contributed by atoms with van der Waals surface area (Å²) in [5.41, 5.74) is 2.02. The van der Waals surface area contributed by atoms with Gasteiger partial charge in [-0.2, -0.15) is 18.3 Å². The van der Waals surface area contributed by atoms with E-state index in [0.717, 1.165) is 21.8 Å². The van der Waals surface area contributed by atoms with E-state index in [2.05, 4.69) is 20.1 Å². The molecule has 0 fully saturated rings. The van der Waals surface area contributed by atoms with Gasteiger partial charge in [-0.05, 0) is 12.1 Å². The van der Waals surface area contributed by atoms with Gasteiger partial charge in [0.05, 0.1) is 11.7 Å². The summed E-state index contributed by atoms with van der Waals surface area (Å²) in [6.07, 6.45) is -3.00. The number of hydrogen-bond acceptors (Lipinski definition) is 3. The summed E-state index contributed by atoms with van der Waals surface area (Å²) in [5, 5.41) is 7.31. The van der Waals surface area contributed by atoms with Crippen molar-refractivity contribution in [2.75, 3.05) is 0 Å². The quantitative estimate of drug-likeness (QED) is 0.565. The van der Waals surface area contributed by atoms with Crippen molar-refractivity contribution in [1.29, 1.82) is 0 Å². The molecule has 4 aromatic rings. The van der Waals surface area contributed by atoms with Crippen LogP contribution in [0.15, 0.2) is 36.5 Å². The minimum absolute atomic E-state index is 0.0838. The van der Waals surface area contributed by atoms with Crippen LogP contribution in [0.1, 0.15) is 5.82 Å². The molecule has 1 aromatic carbocycles. The highest BCUT2D eigenvalue weighted by Gasteiger charge is 2.35. The van der Waals surface area contributed by atoms with Crippen molar-refractivity contribution in [1.82, 2.24) is 25.1 Å². The van der Waals surface area contributed by atoms with Crippen LogP contribution in [-0.2, 0) is 6.18 Å². The van der Waals surface area contributed by atoms with Crippen LogP contribution in [0.2, 0.25) is 0 Å². The standard InChI is InChI=1S/C14H8F3N5/c15-14(16,17)13-20-12(21-22-13)10-5-8-7-3-1-2-4-9(7)19-11(8)6-18-10/h1-6,19H,(H,20,21,22). The Morgan fingerprint density at radius 1 is 1.00 bits per heavy atom. The summed E-state index contributed by atoms with van der Waals surface area (Å²) < 4.78 is 37.7. The lowest BCUT2D eigenvalue weighted by molar-refractivity contribution is -0.144. The van der Waals surface area contributed by atoms with Crippen LogP contribution in [-0.4, -0.2) is 25.1 Å². The summed E-state index contributed by atoms with van der Waals surface area (Å²) in [5.74, 6) is -1.22. The molecule has 3 heterocycles. The topological polar surface area (TPSA) is 70.2 Å². The summed E-state index contributed by atoms with van der Waals surface area (Å²) >= 11 is 0. The monoisotopic (exact) mass is 303 g/mol. The van der Waals surface area contributed by atoms with Gasteiger partial charge in [0, 0.05) is 16.3 Å². The fraction of sp³-hybridized carbons (Fsp3) is 0.0714. The third-order valence-corrected chi connectivity index (χ3v) is 3.37. The normalized spacial score (nSPS) is 12.3. The first-order valence-electron chi connectivity index (χ1n) is 6.39. The number of alkyl halides is 3. The predicted octanol–water partition coefficient (Wildman–Crippen LogP) is 3.52. The maximum Gasteiger partial charge on any atom is 0.451 e. The number of benzene rings is 1. The minimum atomic E-state index is -4.56. The fourth-order valence-corrected chi connectivity index (χ4v) is 2.38. The van der Waals surface area contributed by atoms with E-state index < -0.39 is 12.0 Å². The predicted molar refractivity (Wildman–Crippen MR) is 74.0 cm³/mol. The number of aromatic nitrogens is 5. The number of para-hydroxylation sites is 1. The number of hydrogen-bond donors (Lipinski definition) is 2. The van der Waals surface area contributed by atoms with Crippen LogP contribution in [0.25, 0.3) is 33.3 Å². The lowest BCUT2D eigenvalue weighted by atomic mass is 10.1. The zero-order chi connectivity index (χ0) is 15.3. The van der Waals surface area contributed by atoms with Crippen LogP contribution in [0.5, 0.6) is 0 Å². The summed E-state index contributed by atoms with van der Waals surface area (Å²) in [7, 11) is 0. The largest absolute Gasteiger partial charge is 0.451 e. The number of nitrogens with zero attached hydrogens (tertiary/aromatic N) is 3. The maximum absolute atomic E-state index is 12.6. The molecule has 0 aliphatic rings. The van der Waals surface area contributed by atoms with E-state index in [-0.39, 0.29) is 11.5 Å². The molecule has 0 spiro atoms. The molecule has 0 bridgehead atoms. The number of pyridine rings is 1. The molecule has 0 unspecified atom stereocenters. The molecule has 0 amide bonds. The summed E-state index contributed by atoms with van der Waals surface area (Å²) in [4.78, 5) is 10.8. The fourth-order valence-electron chi connectivity index (χ4n) is 2.38. The molecule has 0 saturated carbocycles. The first kappa shape index (κ1) is 12.8. The van der Waals surface area contributed by atoms with Crippen LogP contribution in [0, 0.1) is 0 Å².